The van der Waals surface area contributed by atoms with Gasteiger partial charge in [-0.1, -0.05) is 43.3 Å². The first-order chi connectivity index (χ1) is 16.7. The number of fused-ring (bicyclic) bond motifs is 1. The van der Waals surface area contributed by atoms with Crippen molar-refractivity contribution in [3.8, 4) is 5.69 Å². The van der Waals surface area contributed by atoms with Gasteiger partial charge in [0.25, 0.3) is 5.56 Å². The minimum atomic E-state index is -0.126. The Kier molecular flexibility index (Phi) is 7.47. The highest BCUT2D eigenvalue weighted by Gasteiger charge is 2.20. The first-order valence-corrected chi connectivity index (χ1v) is 13.6. The average molecular weight is 506 g/mol. The molecule has 0 atom stereocenters. The number of aryl methyl sites for hydroxylation is 5. The maximum absolute atomic E-state index is 13.8. The maximum atomic E-state index is 13.8. The summed E-state index contributed by atoms with van der Waals surface area (Å²) < 4.78 is 1.67. The van der Waals surface area contributed by atoms with Crippen molar-refractivity contribution in [1.82, 2.24) is 9.55 Å². The van der Waals surface area contributed by atoms with Crippen LogP contribution in [0, 0.1) is 34.6 Å². The molecule has 5 nitrogen and oxygen atoms in total. The first kappa shape index (κ1) is 25.2. The zero-order valence-corrected chi connectivity index (χ0v) is 22.7. The molecule has 0 saturated carbocycles. The van der Waals surface area contributed by atoms with Crippen LogP contribution in [-0.2, 0) is 11.2 Å². The smallest absolute Gasteiger partial charge is 0.267 e. The number of nitrogens with zero attached hydrogens (tertiary/aromatic N) is 2. The highest BCUT2D eigenvalue weighted by atomic mass is 32.2. The van der Waals surface area contributed by atoms with Crippen molar-refractivity contribution in [1.29, 1.82) is 0 Å². The van der Waals surface area contributed by atoms with E-state index in [-0.39, 0.29) is 17.2 Å². The number of thiophene rings is 1. The number of rotatable bonds is 7. The quantitative estimate of drug-likeness (QED) is 0.225. The predicted molar refractivity (Wildman–Crippen MR) is 149 cm³/mol. The van der Waals surface area contributed by atoms with E-state index in [1.807, 2.05) is 64.1 Å². The molecule has 7 heteroatoms. The Morgan fingerprint density at radius 1 is 1.03 bits per heavy atom. The largest absolute Gasteiger partial charge is 0.325 e. The van der Waals surface area contributed by atoms with E-state index < -0.39 is 0 Å². The highest BCUT2D eigenvalue weighted by Crippen LogP contribution is 2.31. The molecular formula is C28H31N3O2S2. The third-order valence-electron chi connectivity index (χ3n) is 6.47. The highest BCUT2D eigenvalue weighted by molar-refractivity contribution is 7.99. The molecule has 35 heavy (non-hydrogen) atoms. The van der Waals surface area contributed by atoms with E-state index in [4.69, 9.17) is 4.98 Å². The van der Waals surface area contributed by atoms with Gasteiger partial charge in [-0.15, -0.1) is 11.3 Å². The number of carbonyl (C=O) groups is 1. The van der Waals surface area contributed by atoms with Crippen LogP contribution in [0.4, 0.5) is 5.69 Å². The molecule has 0 bridgehead atoms. The summed E-state index contributed by atoms with van der Waals surface area (Å²) in [7, 11) is 0. The number of nitrogens with one attached hydrogen (secondary N) is 1. The predicted octanol–water partition coefficient (Wildman–Crippen LogP) is 6.67. The second kappa shape index (κ2) is 10.4. The molecular weight excluding hydrogens is 474 g/mol. The van der Waals surface area contributed by atoms with E-state index >= 15 is 0 Å². The molecule has 0 aliphatic carbocycles. The van der Waals surface area contributed by atoms with Gasteiger partial charge >= 0.3 is 0 Å². The van der Waals surface area contributed by atoms with Crippen LogP contribution in [0.15, 0.2) is 46.3 Å². The molecule has 2 heterocycles. The molecule has 2 aromatic carbocycles. The van der Waals surface area contributed by atoms with Crippen molar-refractivity contribution in [2.75, 3.05) is 11.1 Å². The van der Waals surface area contributed by atoms with Gasteiger partial charge in [0.1, 0.15) is 4.83 Å². The Hall–Kier alpha value is -2.90. The number of carbonyl (C=O) groups excluding carboxylic acids is 1. The van der Waals surface area contributed by atoms with Gasteiger partial charge in [-0.3, -0.25) is 14.2 Å². The molecule has 0 radical (unpaired) electrons. The van der Waals surface area contributed by atoms with Gasteiger partial charge in [-0.2, -0.15) is 0 Å². The maximum Gasteiger partial charge on any atom is 0.267 e. The van der Waals surface area contributed by atoms with Crippen LogP contribution >= 0.6 is 23.1 Å². The van der Waals surface area contributed by atoms with E-state index in [1.54, 1.807) is 15.9 Å². The molecule has 4 rings (SSSR count). The first-order valence-electron chi connectivity index (χ1n) is 11.8. The van der Waals surface area contributed by atoms with Crippen molar-refractivity contribution in [2.24, 2.45) is 0 Å². The Balaban J connectivity index is 1.75. The Morgan fingerprint density at radius 2 is 1.80 bits per heavy atom. The second-order valence-electron chi connectivity index (χ2n) is 8.97. The molecule has 2 aromatic heterocycles. The van der Waals surface area contributed by atoms with Gasteiger partial charge in [0.2, 0.25) is 5.91 Å². The third-order valence-corrected chi connectivity index (χ3v) is 8.65. The number of aromatic nitrogens is 2. The molecule has 0 aliphatic heterocycles. The van der Waals surface area contributed by atoms with Crippen LogP contribution in [0.25, 0.3) is 15.9 Å². The van der Waals surface area contributed by atoms with Gasteiger partial charge in [-0.25, -0.2) is 4.98 Å². The normalized spacial score (nSPS) is 11.3. The molecule has 1 amide bonds. The van der Waals surface area contributed by atoms with Crippen LogP contribution < -0.4 is 10.9 Å². The zero-order chi connectivity index (χ0) is 25.3. The molecule has 0 unspecified atom stereocenters. The van der Waals surface area contributed by atoms with Crippen LogP contribution in [0.2, 0.25) is 0 Å². The van der Waals surface area contributed by atoms with Crippen LogP contribution in [0.5, 0.6) is 0 Å². The lowest BCUT2D eigenvalue weighted by Crippen LogP contribution is -2.23. The standard InChI is InChI=1S/C28H31N3O2S2/c1-7-9-23-20(6)25-26(35-23)30-28(31(27(25)33)21-13-12-16(2)18(4)14-21)34-15-24(32)29-22-11-8-10-17(3)19(22)5/h8,10-14H,7,9,15H2,1-6H3,(H,29,32). The molecule has 0 aliphatic rings. The fraction of sp³-hybridized carbons (Fsp3) is 0.321. The van der Waals surface area contributed by atoms with Gasteiger partial charge in [0.05, 0.1) is 16.8 Å². The fourth-order valence-electron chi connectivity index (χ4n) is 4.07. The number of anilines is 1. The zero-order valence-electron chi connectivity index (χ0n) is 21.1. The summed E-state index contributed by atoms with van der Waals surface area (Å²) in [5.74, 6) is 0.0289. The summed E-state index contributed by atoms with van der Waals surface area (Å²) in [6.07, 6.45) is 1.94. The molecule has 0 fully saturated rings. The van der Waals surface area contributed by atoms with Crippen LogP contribution in [0.3, 0.4) is 0 Å². The number of thioether (sulfide) groups is 1. The van der Waals surface area contributed by atoms with Gasteiger partial charge in [0.15, 0.2) is 5.16 Å². The lowest BCUT2D eigenvalue weighted by atomic mass is 10.1. The minimum Gasteiger partial charge on any atom is -0.325 e. The Bertz CT molecular complexity index is 1480. The summed E-state index contributed by atoms with van der Waals surface area (Å²) in [5.41, 5.74) is 6.97. The van der Waals surface area contributed by atoms with Crippen molar-refractivity contribution >= 4 is 44.9 Å². The van der Waals surface area contributed by atoms with Crippen molar-refractivity contribution in [3.05, 3.63) is 79.4 Å². The topological polar surface area (TPSA) is 64.0 Å². The summed E-state index contributed by atoms with van der Waals surface area (Å²) in [6.45, 7) is 12.3. The number of hydrogen-bond acceptors (Lipinski definition) is 5. The van der Waals surface area contributed by atoms with E-state index in [0.717, 1.165) is 56.9 Å². The van der Waals surface area contributed by atoms with Crippen LogP contribution in [0.1, 0.15) is 46.0 Å². The van der Waals surface area contributed by atoms with Crippen molar-refractivity contribution in [3.63, 3.8) is 0 Å². The third kappa shape index (κ3) is 5.07. The average Bonchev–Trinajstić information content (AvgIpc) is 3.13. The van der Waals surface area contributed by atoms with E-state index in [2.05, 4.69) is 19.2 Å². The van der Waals surface area contributed by atoms with E-state index in [0.29, 0.717) is 10.5 Å². The van der Waals surface area contributed by atoms with E-state index in [9.17, 15) is 9.59 Å². The number of hydrogen-bond donors (Lipinski definition) is 1. The SMILES string of the molecule is CCCc1sc2nc(SCC(=O)Nc3cccc(C)c3C)n(-c3ccc(C)c(C)c3)c(=O)c2c1C. The second-order valence-corrected chi connectivity index (χ2v) is 11.0. The lowest BCUT2D eigenvalue weighted by molar-refractivity contribution is -0.113. The van der Waals surface area contributed by atoms with Crippen molar-refractivity contribution in [2.45, 2.75) is 59.5 Å². The Labute approximate surface area is 214 Å². The van der Waals surface area contributed by atoms with Gasteiger partial charge in [0, 0.05) is 10.6 Å². The van der Waals surface area contributed by atoms with Crippen LogP contribution in [-0.4, -0.2) is 21.2 Å². The number of benzene rings is 2. The molecule has 0 saturated heterocycles. The molecule has 1 N–H and O–H groups in total. The summed E-state index contributed by atoms with van der Waals surface area (Å²) in [4.78, 5) is 33.5. The van der Waals surface area contributed by atoms with Gasteiger partial charge in [-0.05, 0) is 87.1 Å². The van der Waals surface area contributed by atoms with Gasteiger partial charge < -0.3 is 5.32 Å². The summed E-state index contributed by atoms with van der Waals surface area (Å²) >= 11 is 2.88. The molecule has 4 aromatic rings. The molecule has 182 valence electrons. The van der Waals surface area contributed by atoms with Crippen molar-refractivity contribution < 1.29 is 4.79 Å². The summed E-state index contributed by atoms with van der Waals surface area (Å²) in [5, 5.41) is 4.22. The lowest BCUT2D eigenvalue weighted by Gasteiger charge is -2.14. The number of amides is 1. The minimum absolute atomic E-state index is 0.0770. The Morgan fingerprint density at radius 3 is 2.51 bits per heavy atom. The molecule has 0 spiro atoms. The monoisotopic (exact) mass is 505 g/mol. The summed E-state index contributed by atoms with van der Waals surface area (Å²) in [6, 6.07) is 11.9. The fourth-order valence-corrected chi connectivity index (χ4v) is 6.20. The van der Waals surface area contributed by atoms with E-state index in [1.165, 1.54) is 16.6 Å².